The molecular weight excluding hydrogens is 264 g/mol. The van der Waals surface area contributed by atoms with Crippen molar-refractivity contribution in [1.82, 2.24) is 0 Å². The number of hydrogen-bond acceptors (Lipinski definition) is 4. The maximum atomic E-state index is 11.8. The van der Waals surface area contributed by atoms with Gasteiger partial charge in [0.25, 0.3) is 0 Å². The van der Waals surface area contributed by atoms with E-state index in [1.165, 1.54) is 25.7 Å². The summed E-state index contributed by atoms with van der Waals surface area (Å²) in [5.41, 5.74) is 8.10. The first-order valence-corrected chi connectivity index (χ1v) is 7.98. The van der Waals surface area contributed by atoms with E-state index in [2.05, 4.69) is 5.32 Å². The molecule has 21 heavy (non-hydrogen) atoms. The predicted octanol–water partition coefficient (Wildman–Crippen LogP) is 3.29. The van der Waals surface area contributed by atoms with E-state index in [4.69, 9.17) is 10.5 Å². The van der Waals surface area contributed by atoms with Gasteiger partial charge in [-0.3, -0.25) is 0 Å². The zero-order chi connectivity index (χ0) is 14.8. The topological polar surface area (TPSA) is 64.3 Å². The average Bonchev–Trinajstić information content (AvgIpc) is 3.09. The summed E-state index contributed by atoms with van der Waals surface area (Å²) in [6.45, 7) is 3.15. The summed E-state index contributed by atoms with van der Waals surface area (Å²) in [7, 11) is 0. The maximum absolute atomic E-state index is 11.8. The summed E-state index contributed by atoms with van der Waals surface area (Å²) >= 11 is 0. The van der Waals surface area contributed by atoms with E-state index in [1.54, 1.807) is 18.2 Å². The van der Waals surface area contributed by atoms with Gasteiger partial charge in [-0.15, -0.1) is 0 Å². The quantitative estimate of drug-likeness (QED) is 0.644. The maximum Gasteiger partial charge on any atom is 0.338 e. The highest BCUT2D eigenvalue weighted by molar-refractivity contribution is 5.92. The van der Waals surface area contributed by atoms with Crippen molar-refractivity contribution in [2.75, 3.05) is 24.2 Å². The number of esters is 1. The third-order valence-corrected chi connectivity index (χ3v) is 5.00. The molecule has 2 aliphatic rings. The van der Waals surface area contributed by atoms with Gasteiger partial charge in [-0.25, -0.2) is 4.79 Å². The molecule has 1 aromatic carbocycles. The molecule has 2 aliphatic carbocycles. The van der Waals surface area contributed by atoms with Gasteiger partial charge in [0.05, 0.1) is 23.5 Å². The number of benzene rings is 1. The van der Waals surface area contributed by atoms with Crippen LogP contribution in [0.1, 0.15) is 43.0 Å². The van der Waals surface area contributed by atoms with Crippen molar-refractivity contribution in [2.24, 2.45) is 17.8 Å². The van der Waals surface area contributed by atoms with Gasteiger partial charge in [-0.05, 0) is 62.1 Å². The molecule has 2 fully saturated rings. The fourth-order valence-corrected chi connectivity index (χ4v) is 3.92. The van der Waals surface area contributed by atoms with Crippen molar-refractivity contribution in [3.05, 3.63) is 23.8 Å². The Labute approximate surface area is 126 Å². The van der Waals surface area contributed by atoms with E-state index in [0.717, 1.165) is 30.0 Å². The zero-order valence-corrected chi connectivity index (χ0v) is 12.6. The lowest BCUT2D eigenvalue weighted by atomic mass is 9.89. The molecule has 3 unspecified atom stereocenters. The van der Waals surface area contributed by atoms with Crippen LogP contribution in [0.2, 0.25) is 0 Å². The van der Waals surface area contributed by atoms with Crippen LogP contribution in [0, 0.1) is 17.8 Å². The second-order valence-corrected chi connectivity index (χ2v) is 6.34. The number of ether oxygens (including phenoxy) is 1. The minimum atomic E-state index is -0.291. The number of hydrogen-bond donors (Lipinski definition) is 2. The number of carbonyl (C=O) groups is 1. The predicted molar refractivity (Wildman–Crippen MR) is 84.2 cm³/mol. The fraction of sp³-hybridized carbons (Fsp3) is 0.588. The summed E-state index contributed by atoms with van der Waals surface area (Å²) in [6, 6.07) is 5.30. The molecule has 0 radical (unpaired) electrons. The molecule has 0 heterocycles. The first kappa shape index (κ1) is 14.2. The zero-order valence-electron chi connectivity index (χ0n) is 12.6. The van der Waals surface area contributed by atoms with Gasteiger partial charge < -0.3 is 15.8 Å². The van der Waals surface area contributed by atoms with Crippen LogP contribution >= 0.6 is 0 Å². The second-order valence-electron chi connectivity index (χ2n) is 6.34. The molecule has 2 saturated carbocycles. The van der Waals surface area contributed by atoms with Crippen LogP contribution in [0.4, 0.5) is 11.4 Å². The molecule has 0 aromatic heterocycles. The third-order valence-electron chi connectivity index (χ3n) is 5.00. The van der Waals surface area contributed by atoms with Gasteiger partial charge in [0.2, 0.25) is 0 Å². The van der Waals surface area contributed by atoms with Crippen molar-refractivity contribution >= 4 is 17.3 Å². The van der Waals surface area contributed by atoms with Crippen molar-refractivity contribution < 1.29 is 9.53 Å². The van der Waals surface area contributed by atoms with Crippen molar-refractivity contribution in [1.29, 1.82) is 0 Å². The smallest absolute Gasteiger partial charge is 0.338 e. The SMILES string of the molecule is CCOC(=O)c1ccc(N)c(NCC2CC3CCC2C3)c1. The Morgan fingerprint density at radius 2 is 2.24 bits per heavy atom. The first-order valence-electron chi connectivity index (χ1n) is 7.98. The Kier molecular flexibility index (Phi) is 4.04. The van der Waals surface area contributed by atoms with Gasteiger partial charge >= 0.3 is 5.97 Å². The molecule has 3 rings (SSSR count). The van der Waals surface area contributed by atoms with Crippen LogP contribution in [-0.2, 0) is 4.74 Å². The van der Waals surface area contributed by atoms with E-state index in [-0.39, 0.29) is 5.97 Å². The number of anilines is 2. The lowest BCUT2D eigenvalue weighted by Crippen LogP contribution is -2.20. The van der Waals surface area contributed by atoms with Crippen molar-refractivity contribution in [3.8, 4) is 0 Å². The molecule has 3 N–H and O–H groups in total. The third kappa shape index (κ3) is 2.99. The Morgan fingerprint density at radius 1 is 1.38 bits per heavy atom. The van der Waals surface area contributed by atoms with E-state index in [0.29, 0.717) is 17.9 Å². The molecule has 0 amide bonds. The highest BCUT2D eigenvalue weighted by atomic mass is 16.5. The Balaban J connectivity index is 1.64. The molecule has 0 aliphatic heterocycles. The fourth-order valence-electron chi connectivity index (χ4n) is 3.92. The second kappa shape index (κ2) is 5.96. The number of nitrogen functional groups attached to an aromatic ring is 1. The normalized spacial score (nSPS) is 26.8. The van der Waals surface area contributed by atoms with Crippen molar-refractivity contribution in [2.45, 2.75) is 32.6 Å². The van der Waals surface area contributed by atoms with Gasteiger partial charge in [0.15, 0.2) is 0 Å². The van der Waals surface area contributed by atoms with Gasteiger partial charge in [-0.1, -0.05) is 6.42 Å². The summed E-state index contributed by atoms with van der Waals surface area (Å²) in [5, 5.41) is 3.44. The average molecular weight is 288 g/mol. The lowest BCUT2D eigenvalue weighted by Gasteiger charge is -2.23. The Bertz CT molecular complexity index is 530. The molecular formula is C17H24N2O2. The molecule has 4 nitrogen and oxygen atoms in total. The molecule has 1 aromatic rings. The Hall–Kier alpha value is -1.71. The molecule has 114 valence electrons. The highest BCUT2D eigenvalue weighted by Crippen LogP contribution is 2.48. The van der Waals surface area contributed by atoms with E-state index >= 15 is 0 Å². The monoisotopic (exact) mass is 288 g/mol. The van der Waals surface area contributed by atoms with Crippen LogP contribution in [0.15, 0.2) is 18.2 Å². The lowest BCUT2D eigenvalue weighted by molar-refractivity contribution is 0.0526. The number of carbonyl (C=O) groups excluding carboxylic acids is 1. The first-order chi connectivity index (χ1) is 10.2. The number of nitrogens with two attached hydrogens (primary N) is 1. The number of fused-ring (bicyclic) bond motifs is 2. The summed E-state index contributed by atoms with van der Waals surface area (Å²) in [5.74, 6) is 2.30. The van der Waals surface area contributed by atoms with Gasteiger partial charge in [0.1, 0.15) is 0 Å². The van der Waals surface area contributed by atoms with Crippen LogP contribution in [-0.4, -0.2) is 19.1 Å². The molecule has 0 saturated heterocycles. The Morgan fingerprint density at radius 3 is 2.90 bits per heavy atom. The minimum absolute atomic E-state index is 0.291. The molecule has 2 bridgehead atoms. The summed E-state index contributed by atoms with van der Waals surface area (Å²) in [6.07, 6.45) is 5.55. The van der Waals surface area contributed by atoms with Crippen LogP contribution < -0.4 is 11.1 Å². The van der Waals surface area contributed by atoms with E-state index < -0.39 is 0 Å². The van der Waals surface area contributed by atoms with Gasteiger partial charge in [-0.2, -0.15) is 0 Å². The van der Waals surface area contributed by atoms with E-state index in [1.807, 2.05) is 6.92 Å². The minimum Gasteiger partial charge on any atom is -0.462 e. The standard InChI is InChI=1S/C17H24N2O2/c1-2-21-17(20)13-5-6-15(18)16(9-13)19-10-14-8-11-3-4-12(14)7-11/h5-6,9,11-12,14,19H,2-4,7-8,10,18H2,1H3. The molecule has 4 heteroatoms. The summed E-state index contributed by atoms with van der Waals surface area (Å²) < 4.78 is 5.03. The number of rotatable bonds is 5. The number of nitrogens with one attached hydrogen (secondary N) is 1. The van der Waals surface area contributed by atoms with Crippen LogP contribution in [0.3, 0.4) is 0 Å². The van der Waals surface area contributed by atoms with Crippen LogP contribution in [0.5, 0.6) is 0 Å². The van der Waals surface area contributed by atoms with E-state index in [9.17, 15) is 4.79 Å². The molecule has 0 spiro atoms. The van der Waals surface area contributed by atoms with Crippen molar-refractivity contribution in [3.63, 3.8) is 0 Å². The largest absolute Gasteiger partial charge is 0.462 e. The highest BCUT2D eigenvalue weighted by Gasteiger charge is 2.39. The van der Waals surface area contributed by atoms with Gasteiger partial charge in [0, 0.05) is 6.54 Å². The summed E-state index contributed by atoms with van der Waals surface area (Å²) in [4.78, 5) is 11.8. The molecule has 3 atom stereocenters. The van der Waals surface area contributed by atoms with Crippen LogP contribution in [0.25, 0.3) is 0 Å².